The Morgan fingerprint density at radius 1 is 1.20 bits per heavy atom. The third-order valence-corrected chi connectivity index (χ3v) is 6.70. The van der Waals surface area contributed by atoms with Crippen LogP contribution in [0, 0.1) is 23.7 Å². The van der Waals surface area contributed by atoms with Crippen LogP contribution in [0.15, 0.2) is 18.2 Å². The lowest BCUT2D eigenvalue weighted by molar-refractivity contribution is -0.152. The number of benzene rings is 1. The topological polar surface area (TPSA) is 66.8 Å². The van der Waals surface area contributed by atoms with Crippen molar-refractivity contribution in [1.29, 1.82) is 0 Å². The zero-order valence-corrected chi connectivity index (χ0v) is 14.2. The van der Waals surface area contributed by atoms with E-state index in [0.29, 0.717) is 29.9 Å². The molecule has 0 radical (unpaired) electrons. The predicted octanol–water partition coefficient (Wildman–Crippen LogP) is 2.96. The number of hydrogen-bond donors (Lipinski definition) is 2. The maximum atomic E-state index is 12.3. The van der Waals surface area contributed by atoms with Crippen molar-refractivity contribution in [2.75, 3.05) is 13.3 Å². The van der Waals surface area contributed by atoms with Crippen LogP contribution in [0.4, 0.5) is 4.39 Å². The van der Waals surface area contributed by atoms with Gasteiger partial charge in [-0.3, -0.25) is 4.79 Å². The lowest BCUT2D eigenvalue weighted by atomic mass is 9.61. The molecule has 3 aliphatic rings. The van der Waals surface area contributed by atoms with Gasteiger partial charge in [0.05, 0.1) is 12.0 Å². The van der Waals surface area contributed by atoms with E-state index in [1.54, 1.807) is 6.07 Å². The number of fused-ring (bicyclic) bond motifs is 5. The Morgan fingerprint density at radius 3 is 2.84 bits per heavy atom. The molecule has 0 heterocycles. The van der Waals surface area contributed by atoms with Crippen molar-refractivity contribution in [3.05, 3.63) is 29.3 Å². The number of aliphatic hydroxyl groups is 1. The second-order valence-electron chi connectivity index (χ2n) is 7.79. The molecule has 0 amide bonds. The van der Waals surface area contributed by atoms with Gasteiger partial charge < -0.3 is 14.9 Å². The number of aromatic hydroxyl groups is 1. The molecule has 1 aromatic rings. The van der Waals surface area contributed by atoms with Crippen LogP contribution in [0.2, 0.25) is 0 Å². The van der Waals surface area contributed by atoms with E-state index < -0.39 is 24.7 Å². The zero-order valence-electron chi connectivity index (χ0n) is 14.2. The number of aliphatic hydroxyl groups excluding tert-OH is 1. The van der Waals surface area contributed by atoms with Gasteiger partial charge in [-0.2, -0.15) is 0 Å². The summed E-state index contributed by atoms with van der Waals surface area (Å²) in [5, 5.41) is 20.4. The number of phenolic OH excluding ortho intramolecular Hbond substituents is 1. The fourth-order valence-corrected chi connectivity index (χ4v) is 5.70. The molecule has 0 saturated heterocycles. The first-order valence-corrected chi connectivity index (χ1v) is 9.32. The molecule has 4 nitrogen and oxygen atoms in total. The van der Waals surface area contributed by atoms with E-state index in [9.17, 15) is 19.4 Å². The molecule has 136 valence electrons. The number of carbonyl (C=O) groups excluding carboxylic acids is 1. The molecule has 1 aromatic carbocycles. The average molecular weight is 348 g/mol. The zero-order chi connectivity index (χ0) is 17.6. The highest BCUT2D eigenvalue weighted by Crippen LogP contribution is 2.56. The van der Waals surface area contributed by atoms with Crippen molar-refractivity contribution in [2.45, 2.75) is 44.1 Å². The minimum Gasteiger partial charge on any atom is -0.508 e. The van der Waals surface area contributed by atoms with E-state index in [0.717, 1.165) is 25.7 Å². The Labute approximate surface area is 147 Å². The minimum absolute atomic E-state index is 0.142. The monoisotopic (exact) mass is 348 g/mol. The minimum atomic E-state index is -0.685. The molecule has 0 aromatic heterocycles. The Hall–Kier alpha value is -1.62. The van der Waals surface area contributed by atoms with Crippen LogP contribution >= 0.6 is 0 Å². The van der Waals surface area contributed by atoms with E-state index in [4.69, 9.17) is 4.74 Å². The summed E-state index contributed by atoms with van der Waals surface area (Å²) in [6.45, 7) is -0.907. The van der Waals surface area contributed by atoms with E-state index in [-0.39, 0.29) is 12.5 Å². The van der Waals surface area contributed by atoms with Crippen LogP contribution in [-0.4, -0.2) is 35.6 Å². The number of esters is 1. The summed E-state index contributed by atoms with van der Waals surface area (Å²) < 4.78 is 17.2. The molecule has 6 atom stereocenters. The van der Waals surface area contributed by atoms with Crippen LogP contribution in [-0.2, 0) is 16.0 Å². The van der Waals surface area contributed by atoms with Gasteiger partial charge in [-0.1, -0.05) is 6.07 Å². The Kier molecular flexibility index (Phi) is 4.44. The summed E-state index contributed by atoms with van der Waals surface area (Å²) in [5.41, 5.74) is 2.56. The maximum Gasteiger partial charge on any atom is 0.311 e. The SMILES string of the molecule is O=C(OCCF)[C@@H]1CC2C3CCc4cc(O)ccc4C3CCC2C1O. The molecular formula is C20H25FO4. The maximum absolute atomic E-state index is 12.3. The van der Waals surface area contributed by atoms with Crippen LogP contribution in [0.5, 0.6) is 5.75 Å². The second kappa shape index (κ2) is 6.60. The van der Waals surface area contributed by atoms with Gasteiger partial charge >= 0.3 is 5.97 Å². The van der Waals surface area contributed by atoms with Crippen LogP contribution in [0.25, 0.3) is 0 Å². The van der Waals surface area contributed by atoms with Gasteiger partial charge in [0.2, 0.25) is 0 Å². The summed E-state index contributed by atoms with van der Waals surface area (Å²) in [4.78, 5) is 12.2. The van der Waals surface area contributed by atoms with Gasteiger partial charge in [0.15, 0.2) is 0 Å². The van der Waals surface area contributed by atoms with Gasteiger partial charge in [0, 0.05) is 0 Å². The molecular weight excluding hydrogens is 323 g/mol. The average Bonchev–Trinajstić information content (AvgIpc) is 2.96. The van der Waals surface area contributed by atoms with E-state index >= 15 is 0 Å². The highest BCUT2D eigenvalue weighted by atomic mass is 19.1. The van der Waals surface area contributed by atoms with Crippen molar-refractivity contribution in [1.82, 2.24) is 0 Å². The molecule has 0 aliphatic heterocycles. The summed E-state index contributed by atoms with van der Waals surface area (Å²) in [5.74, 6) is 0.723. The van der Waals surface area contributed by atoms with Gasteiger partial charge in [0.1, 0.15) is 19.0 Å². The number of carbonyl (C=O) groups is 1. The fourth-order valence-electron chi connectivity index (χ4n) is 5.70. The van der Waals surface area contributed by atoms with Gasteiger partial charge in [-0.25, -0.2) is 4.39 Å². The second-order valence-corrected chi connectivity index (χ2v) is 7.79. The van der Waals surface area contributed by atoms with Crippen molar-refractivity contribution in [3.63, 3.8) is 0 Å². The van der Waals surface area contributed by atoms with Gasteiger partial charge in [-0.15, -0.1) is 0 Å². The lowest BCUT2D eigenvalue weighted by Crippen LogP contribution is -2.37. The summed E-state index contributed by atoms with van der Waals surface area (Å²) in [6.07, 6.45) is 3.85. The molecule has 5 heteroatoms. The summed E-state index contributed by atoms with van der Waals surface area (Å²) in [7, 11) is 0. The normalized spacial score (nSPS) is 36.2. The molecule has 2 N–H and O–H groups in total. The standard InChI is InChI=1S/C20H25FO4/c21-7-8-25-20(24)18-10-17-15-3-1-11-9-12(22)2-4-13(11)14(15)5-6-16(17)19(18)23/h2,4,9,14-19,22-23H,1,3,5-8,10H2/t14?,15?,16?,17?,18-,19?/m1/s1. The van der Waals surface area contributed by atoms with E-state index in [2.05, 4.69) is 0 Å². The first-order valence-electron chi connectivity index (χ1n) is 9.32. The van der Waals surface area contributed by atoms with Crippen molar-refractivity contribution >= 4 is 5.97 Å². The molecule has 0 bridgehead atoms. The molecule has 3 aliphatic carbocycles. The Balaban J connectivity index is 1.54. The van der Waals surface area contributed by atoms with E-state index in [1.807, 2.05) is 12.1 Å². The molecule has 5 unspecified atom stereocenters. The number of alkyl halides is 1. The highest BCUT2D eigenvalue weighted by molar-refractivity contribution is 5.73. The van der Waals surface area contributed by atoms with Crippen molar-refractivity contribution in [3.8, 4) is 5.75 Å². The lowest BCUT2D eigenvalue weighted by Gasteiger charge is -2.44. The molecule has 2 fully saturated rings. The highest BCUT2D eigenvalue weighted by Gasteiger charge is 2.53. The number of rotatable bonds is 3. The third-order valence-electron chi connectivity index (χ3n) is 6.70. The van der Waals surface area contributed by atoms with Crippen LogP contribution < -0.4 is 0 Å². The van der Waals surface area contributed by atoms with E-state index in [1.165, 1.54) is 11.1 Å². The van der Waals surface area contributed by atoms with Gasteiger partial charge in [0.25, 0.3) is 0 Å². The van der Waals surface area contributed by atoms with Crippen LogP contribution in [0.1, 0.15) is 42.7 Å². The molecule has 2 saturated carbocycles. The number of hydrogen-bond acceptors (Lipinski definition) is 4. The number of phenols is 1. The molecule has 0 spiro atoms. The quantitative estimate of drug-likeness (QED) is 0.824. The molecule has 4 rings (SSSR count). The third kappa shape index (κ3) is 2.82. The Morgan fingerprint density at radius 2 is 2.04 bits per heavy atom. The first-order chi connectivity index (χ1) is 12.1. The first kappa shape index (κ1) is 16.8. The smallest absolute Gasteiger partial charge is 0.311 e. The molecule has 25 heavy (non-hydrogen) atoms. The largest absolute Gasteiger partial charge is 0.508 e. The number of halogens is 1. The van der Waals surface area contributed by atoms with Crippen molar-refractivity contribution < 1.29 is 24.1 Å². The summed E-state index contributed by atoms with van der Waals surface area (Å²) >= 11 is 0. The summed E-state index contributed by atoms with van der Waals surface area (Å²) in [6, 6.07) is 5.67. The van der Waals surface area contributed by atoms with Crippen LogP contribution in [0.3, 0.4) is 0 Å². The number of ether oxygens (including phenoxy) is 1. The number of aryl methyl sites for hydroxylation is 1. The predicted molar refractivity (Wildman–Crippen MR) is 89.9 cm³/mol. The fraction of sp³-hybridized carbons (Fsp3) is 0.650. The van der Waals surface area contributed by atoms with Gasteiger partial charge in [-0.05, 0) is 79.0 Å². The Bertz CT molecular complexity index is 661. The van der Waals surface area contributed by atoms with Crippen molar-refractivity contribution in [2.24, 2.45) is 23.7 Å².